The molecule has 0 saturated carbocycles. The number of aliphatic hydroxyl groups excluding tert-OH is 1. The van der Waals surface area contributed by atoms with Crippen LogP contribution in [0.15, 0.2) is 54.9 Å². The molecule has 0 atom stereocenters. The molecule has 8 nitrogen and oxygen atoms in total. The first kappa shape index (κ1) is 24.4. The molecule has 172 valence electrons. The Morgan fingerprint density at radius 3 is 2.27 bits per heavy atom. The van der Waals surface area contributed by atoms with Crippen LogP contribution in [0.2, 0.25) is 10.0 Å². The first-order valence-corrected chi connectivity index (χ1v) is 10.9. The van der Waals surface area contributed by atoms with Gasteiger partial charge in [0.05, 0.1) is 40.3 Å². The zero-order valence-corrected chi connectivity index (χ0v) is 19.6. The highest BCUT2D eigenvalue weighted by atomic mass is 35.5. The normalized spacial score (nSPS) is 10.7. The molecular weight excluding hydrogens is 465 g/mol. The van der Waals surface area contributed by atoms with Gasteiger partial charge in [0.1, 0.15) is 0 Å². The van der Waals surface area contributed by atoms with Gasteiger partial charge in [-0.1, -0.05) is 35.3 Å². The van der Waals surface area contributed by atoms with E-state index in [-0.39, 0.29) is 46.7 Å². The number of hydrogen-bond acceptors (Lipinski definition) is 6. The molecule has 0 radical (unpaired) electrons. The minimum atomic E-state index is -0.473. The Morgan fingerprint density at radius 1 is 1.03 bits per heavy atom. The summed E-state index contributed by atoms with van der Waals surface area (Å²) in [5.74, 6) is -0.372. The molecule has 33 heavy (non-hydrogen) atoms. The van der Waals surface area contributed by atoms with Crippen molar-refractivity contribution in [3.8, 4) is 0 Å². The third kappa shape index (κ3) is 6.19. The summed E-state index contributed by atoms with van der Waals surface area (Å²) in [5, 5.41) is 15.4. The number of carbonyl (C=O) groups is 2. The van der Waals surface area contributed by atoms with Crippen LogP contribution >= 0.6 is 23.2 Å². The number of aromatic nitrogens is 2. The number of carbonyl (C=O) groups excluding carboxylic acids is 2. The van der Waals surface area contributed by atoms with Gasteiger partial charge in [-0.3, -0.25) is 9.59 Å². The molecule has 1 heterocycles. The number of anilines is 3. The maximum absolute atomic E-state index is 12.8. The highest BCUT2D eigenvalue weighted by Gasteiger charge is 2.19. The van der Waals surface area contributed by atoms with E-state index in [1.165, 1.54) is 12.4 Å². The van der Waals surface area contributed by atoms with E-state index in [0.29, 0.717) is 16.9 Å². The van der Waals surface area contributed by atoms with Crippen LogP contribution in [0.3, 0.4) is 0 Å². The Labute approximate surface area is 201 Å². The molecule has 1 aromatic heterocycles. The highest BCUT2D eigenvalue weighted by molar-refractivity contribution is 6.40. The topological polar surface area (TPSA) is 107 Å². The number of aliphatic hydroxyl groups is 1. The molecule has 3 rings (SSSR count). The Hall–Kier alpha value is -3.20. The van der Waals surface area contributed by atoms with E-state index in [4.69, 9.17) is 23.2 Å². The van der Waals surface area contributed by atoms with Crippen LogP contribution in [-0.4, -0.2) is 51.0 Å². The van der Waals surface area contributed by atoms with E-state index < -0.39 is 5.91 Å². The first-order valence-electron chi connectivity index (χ1n) is 10.2. The van der Waals surface area contributed by atoms with Crippen LogP contribution in [0.1, 0.15) is 34.6 Å². The van der Waals surface area contributed by atoms with Crippen molar-refractivity contribution in [3.63, 3.8) is 0 Å². The molecule has 0 fully saturated rings. The van der Waals surface area contributed by atoms with Gasteiger partial charge in [0.15, 0.2) is 0 Å². The van der Waals surface area contributed by atoms with Gasteiger partial charge in [-0.2, -0.15) is 0 Å². The van der Waals surface area contributed by atoms with Gasteiger partial charge in [0.25, 0.3) is 11.8 Å². The lowest BCUT2D eigenvalue weighted by Crippen LogP contribution is -2.39. The summed E-state index contributed by atoms with van der Waals surface area (Å²) in [7, 11) is 0. The molecule has 0 saturated heterocycles. The molecule has 0 aliphatic rings. The van der Waals surface area contributed by atoms with Gasteiger partial charge in [0.2, 0.25) is 5.95 Å². The van der Waals surface area contributed by atoms with Crippen LogP contribution in [-0.2, 0) is 0 Å². The third-order valence-corrected chi connectivity index (χ3v) is 5.32. The number of nitrogens with one attached hydrogen (secondary N) is 2. The Bertz CT molecular complexity index is 1120. The molecule has 0 aliphatic heterocycles. The number of hydrogen-bond donors (Lipinski definition) is 3. The van der Waals surface area contributed by atoms with E-state index in [1.54, 1.807) is 47.4 Å². The Morgan fingerprint density at radius 2 is 1.67 bits per heavy atom. The van der Waals surface area contributed by atoms with E-state index in [2.05, 4.69) is 20.6 Å². The zero-order chi connectivity index (χ0) is 24.0. The smallest absolute Gasteiger partial charge is 0.258 e. The van der Waals surface area contributed by atoms with Crippen molar-refractivity contribution in [2.24, 2.45) is 0 Å². The summed E-state index contributed by atoms with van der Waals surface area (Å²) in [6, 6.07) is 11.7. The zero-order valence-electron chi connectivity index (χ0n) is 18.0. The number of nitrogens with zero attached hydrogens (tertiary/aromatic N) is 3. The van der Waals surface area contributed by atoms with Crippen molar-refractivity contribution in [2.45, 2.75) is 19.9 Å². The second kappa shape index (κ2) is 11.1. The summed E-state index contributed by atoms with van der Waals surface area (Å²) in [5.41, 5.74) is 1.62. The van der Waals surface area contributed by atoms with Crippen LogP contribution in [0.5, 0.6) is 0 Å². The molecule has 0 bridgehead atoms. The lowest BCUT2D eigenvalue weighted by Gasteiger charge is -2.26. The molecule has 0 aliphatic carbocycles. The SMILES string of the molecule is CC(C)N(CCO)C(=O)c1cccc(Nc2ncc(NC(=O)c3c(Cl)cccc3Cl)cn2)c1. The lowest BCUT2D eigenvalue weighted by atomic mass is 10.1. The van der Waals surface area contributed by atoms with Gasteiger partial charge < -0.3 is 20.6 Å². The van der Waals surface area contributed by atoms with Gasteiger partial charge >= 0.3 is 0 Å². The summed E-state index contributed by atoms with van der Waals surface area (Å²) >= 11 is 12.1. The fourth-order valence-corrected chi connectivity index (χ4v) is 3.66. The summed E-state index contributed by atoms with van der Waals surface area (Å²) < 4.78 is 0. The molecule has 2 aromatic carbocycles. The number of rotatable bonds is 8. The lowest BCUT2D eigenvalue weighted by molar-refractivity contribution is 0.0665. The summed E-state index contributed by atoms with van der Waals surface area (Å²) in [6.07, 6.45) is 2.88. The Balaban J connectivity index is 1.70. The predicted molar refractivity (Wildman–Crippen MR) is 129 cm³/mol. The van der Waals surface area contributed by atoms with E-state index in [0.717, 1.165) is 0 Å². The highest BCUT2D eigenvalue weighted by Crippen LogP contribution is 2.25. The molecule has 2 amide bonds. The van der Waals surface area contributed by atoms with Crippen LogP contribution in [0, 0.1) is 0 Å². The quantitative estimate of drug-likeness (QED) is 0.427. The molecule has 0 unspecified atom stereocenters. The molecule has 3 aromatic rings. The fourth-order valence-electron chi connectivity index (χ4n) is 3.09. The number of benzene rings is 2. The molecule has 0 spiro atoms. The average Bonchev–Trinajstić information content (AvgIpc) is 2.78. The van der Waals surface area contributed by atoms with Crippen molar-refractivity contribution in [2.75, 3.05) is 23.8 Å². The van der Waals surface area contributed by atoms with Crippen molar-refractivity contribution < 1.29 is 14.7 Å². The first-order chi connectivity index (χ1) is 15.8. The minimum Gasteiger partial charge on any atom is -0.395 e. The van der Waals surface area contributed by atoms with Gasteiger partial charge in [-0.05, 0) is 44.2 Å². The van der Waals surface area contributed by atoms with Crippen LogP contribution in [0.4, 0.5) is 17.3 Å². The van der Waals surface area contributed by atoms with E-state index in [9.17, 15) is 14.7 Å². The van der Waals surface area contributed by atoms with Gasteiger partial charge in [-0.15, -0.1) is 0 Å². The van der Waals surface area contributed by atoms with Crippen LogP contribution in [0.25, 0.3) is 0 Å². The Kier molecular flexibility index (Phi) is 8.21. The van der Waals surface area contributed by atoms with Crippen LogP contribution < -0.4 is 10.6 Å². The van der Waals surface area contributed by atoms with Crippen molar-refractivity contribution in [3.05, 3.63) is 76.0 Å². The summed E-state index contributed by atoms with van der Waals surface area (Å²) in [4.78, 5) is 35.3. The maximum Gasteiger partial charge on any atom is 0.258 e. The largest absolute Gasteiger partial charge is 0.395 e. The van der Waals surface area contributed by atoms with Crippen molar-refractivity contribution in [1.82, 2.24) is 14.9 Å². The standard InChI is InChI=1S/C23H23Cl2N5O3/c1-14(2)30(9-10-31)22(33)15-5-3-6-16(11-15)29-23-26-12-17(13-27-23)28-21(32)20-18(24)7-4-8-19(20)25/h3-8,11-14,31H,9-10H2,1-2H3,(H,28,32)(H,26,27,29). The monoisotopic (exact) mass is 487 g/mol. The number of amides is 2. The average molecular weight is 488 g/mol. The second-order valence-electron chi connectivity index (χ2n) is 7.37. The molecule has 10 heteroatoms. The maximum atomic E-state index is 12.8. The van der Waals surface area contributed by atoms with Crippen molar-refractivity contribution in [1.29, 1.82) is 0 Å². The minimum absolute atomic E-state index is 0.0481. The van der Waals surface area contributed by atoms with Gasteiger partial charge in [0, 0.05) is 23.8 Å². The third-order valence-electron chi connectivity index (χ3n) is 4.69. The summed E-state index contributed by atoms with van der Waals surface area (Å²) in [6.45, 7) is 3.93. The van der Waals surface area contributed by atoms with Gasteiger partial charge in [-0.25, -0.2) is 9.97 Å². The van der Waals surface area contributed by atoms with E-state index in [1.807, 2.05) is 13.8 Å². The van der Waals surface area contributed by atoms with Crippen molar-refractivity contribution >= 4 is 52.3 Å². The molecule has 3 N–H and O–H groups in total. The predicted octanol–water partition coefficient (Wildman–Crippen LogP) is 4.62. The molecular formula is C23H23Cl2N5O3. The fraction of sp³-hybridized carbons (Fsp3) is 0.217. The number of halogens is 2. The van der Waals surface area contributed by atoms with E-state index >= 15 is 0 Å². The second-order valence-corrected chi connectivity index (χ2v) is 8.18.